The molecule has 0 unspecified atom stereocenters. The third-order valence-electron chi connectivity index (χ3n) is 5.71. The van der Waals surface area contributed by atoms with Crippen LogP contribution in [0.15, 0.2) is 59.8 Å². The number of nitrogens with one attached hydrogen (secondary N) is 1. The van der Waals surface area contributed by atoms with Crippen molar-refractivity contribution in [3.63, 3.8) is 0 Å². The van der Waals surface area contributed by atoms with Crippen molar-refractivity contribution in [3.8, 4) is 0 Å². The molecule has 2 aromatic carbocycles. The Hall–Kier alpha value is -2.64. The topological polar surface area (TPSA) is 63.1 Å². The van der Waals surface area contributed by atoms with Gasteiger partial charge in [-0.15, -0.1) is 10.2 Å². The molecule has 1 fully saturated rings. The molecule has 0 radical (unpaired) electrons. The van der Waals surface area contributed by atoms with E-state index < -0.39 is 0 Å². The van der Waals surface area contributed by atoms with E-state index in [9.17, 15) is 4.79 Å². The van der Waals surface area contributed by atoms with Gasteiger partial charge in [-0.05, 0) is 55.1 Å². The van der Waals surface area contributed by atoms with E-state index in [2.05, 4.69) is 57.0 Å². The first-order chi connectivity index (χ1) is 15.6. The van der Waals surface area contributed by atoms with Crippen LogP contribution in [0.1, 0.15) is 49.6 Å². The third kappa shape index (κ3) is 5.99. The SMILES string of the molecule is CC(C)c1cccc(NC(=O)CSc2nnc(CN3CCCC3)n2Cc2ccccc2)c1. The first kappa shape index (κ1) is 22.6. The number of carbonyl (C=O) groups is 1. The monoisotopic (exact) mass is 449 g/mol. The Morgan fingerprint density at radius 2 is 1.81 bits per heavy atom. The summed E-state index contributed by atoms with van der Waals surface area (Å²) in [4.78, 5) is 15.0. The highest BCUT2D eigenvalue weighted by molar-refractivity contribution is 7.99. The van der Waals surface area contributed by atoms with Gasteiger partial charge in [0, 0.05) is 5.69 Å². The Kier molecular flexibility index (Phi) is 7.60. The van der Waals surface area contributed by atoms with Crippen LogP contribution >= 0.6 is 11.8 Å². The van der Waals surface area contributed by atoms with Crippen LogP contribution in [0.2, 0.25) is 0 Å². The number of benzene rings is 2. The summed E-state index contributed by atoms with van der Waals surface area (Å²) < 4.78 is 2.16. The summed E-state index contributed by atoms with van der Waals surface area (Å²) in [5, 5.41) is 12.7. The predicted molar refractivity (Wildman–Crippen MR) is 130 cm³/mol. The molecule has 1 saturated heterocycles. The Morgan fingerprint density at radius 3 is 2.56 bits per heavy atom. The molecule has 1 amide bonds. The number of likely N-dealkylation sites (tertiary alicyclic amines) is 1. The van der Waals surface area contributed by atoms with Gasteiger partial charge in [-0.1, -0.05) is 68.1 Å². The molecule has 0 bridgehead atoms. The molecule has 7 heteroatoms. The maximum absolute atomic E-state index is 12.6. The Bertz CT molecular complexity index is 1030. The van der Waals surface area contributed by atoms with Gasteiger partial charge in [0.1, 0.15) is 5.82 Å². The van der Waals surface area contributed by atoms with Gasteiger partial charge < -0.3 is 9.88 Å². The third-order valence-corrected chi connectivity index (χ3v) is 6.68. The van der Waals surface area contributed by atoms with Crippen LogP contribution in [-0.2, 0) is 17.9 Å². The van der Waals surface area contributed by atoms with E-state index in [0.717, 1.165) is 36.3 Å². The maximum atomic E-state index is 12.6. The van der Waals surface area contributed by atoms with Crippen LogP contribution in [0.3, 0.4) is 0 Å². The Balaban J connectivity index is 1.44. The van der Waals surface area contributed by atoms with Gasteiger partial charge in [0.05, 0.1) is 18.8 Å². The number of amides is 1. The lowest BCUT2D eigenvalue weighted by Gasteiger charge is -2.16. The van der Waals surface area contributed by atoms with Gasteiger partial charge in [-0.2, -0.15) is 0 Å². The molecule has 1 aliphatic heterocycles. The van der Waals surface area contributed by atoms with Crippen molar-refractivity contribution in [1.29, 1.82) is 0 Å². The normalized spacial score (nSPS) is 14.2. The van der Waals surface area contributed by atoms with Crippen LogP contribution in [-0.4, -0.2) is 44.4 Å². The molecule has 4 rings (SSSR count). The van der Waals surface area contributed by atoms with Gasteiger partial charge in [0.15, 0.2) is 5.16 Å². The van der Waals surface area contributed by atoms with Crippen LogP contribution < -0.4 is 5.32 Å². The molecule has 0 aliphatic carbocycles. The summed E-state index contributed by atoms with van der Waals surface area (Å²) in [7, 11) is 0. The molecule has 6 nitrogen and oxygen atoms in total. The van der Waals surface area contributed by atoms with Crippen molar-refractivity contribution >= 4 is 23.4 Å². The van der Waals surface area contributed by atoms with E-state index in [1.54, 1.807) is 0 Å². The lowest BCUT2D eigenvalue weighted by Crippen LogP contribution is -2.22. The summed E-state index contributed by atoms with van der Waals surface area (Å²) in [5.74, 6) is 1.64. The zero-order chi connectivity index (χ0) is 22.3. The van der Waals surface area contributed by atoms with Gasteiger partial charge in [0.2, 0.25) is 5.91 Å². The van der Waals surface area contributed by atoms with Crippen LogP contribution in [0.4, 0.5) is 5.69 Å². The fourth-order valence-corrected chi connectivity index (χ4v) is 4.67. The fourth-order valence-electron chi connectivity index (χ4n) is 3.91. The van der Waals surface area contributed by atoms with Crippen molar-refractivity contribution in [1.82, 2.24) is 19.7 Å². The Labute approximate surface area is 194 Å². The number of carbonyl (C=O) groups excluding carboxylic acids is 1. The zero-order valence-corrected chi connectivity index (χ0v) is 19.6. The smallest absolute Gasteiger partial charge is 0.234 e. The minimum absolute atomic E-state index is 0.0359. The standard InChI is InChI=1S/C25H31N5OS/c1-19(2)21-11-8-12-22(15-21)26-24(31)18-32-25-28-27-23(17-29-13-6-7-14-29)30(25)16-20-9-4-3-5-10-20/h3-5,8-12,15,19H,6-7,13-14,16-18H2,1-2H3,(H,26,31). The molecule has 1 N–H and O–H groups in total. The number of rotatable bonds is 9. The highest BCUT2D eigenvalue weighted by Gasteiger charge is 2.19. The number of aromatic nitrogens is 3. The van der Waals surface area contributed by atoms with Crippen molar-refractivity contribution in [3.05, 3.63) is 71.5 Å². The molecule has 0 saturated carbocycles. The molecule has 32 heavy (non-hydrogen) atoms. The first-order valence-corrected chi connectivity index (χ1v) is 12.3. The molecule has 0 spiro atoms. The molecule has 1 aliphatic rings. The van der Waals surface area contributed by atoms with E-state index >= 15 is 0 Å². The molecule has 168 valence electrons. The second-order valence-electron chi connectivity index (χ2n) is 8.57. The van der Waals surface area contributed by atoms with E-state index in [1.807, 2.05) is 36.4 Å². The largest absolute Gasteiger partial charge is 0.325 e. The van der Waals surface area contributed by atoms with E-state index in [4.69, 9.17) is 0 Å². The van der Waals surface area contributed by atoms with E-state index in [0.29, 0.717) is 18.2 Å². The fraction of sp³-hybridized carbons (Fsp3) is 0.400. The number of thioether (sulfide) groups is 1. The lowest BCUT2D eigenvalue weighted by molar-refractivity contribution is -0.113. The zero-order valence-electron chi connectivity index (χ0n) is 18.8. The Morgan fingerprint density at radius 1 is 1.03 bits per heavy atom. The summed E-state index contributed by atoms with van der Waals surface area (Å²) in [6, 6.07) is 18.4. The number of nitrogens with zero attached hydrogens (tertiary/aromatic N) is 4. The first-order valence-electron chi connectivity index (χ1n) is 11.3. The maximum Gasteiger partial charge on any atom is 0.234 e. The minimum Gasteiger partial charge on any atom is -0.325 e. The van der Waals surface area contributed by atoms with Gasteiger partial charge in [0.25, 0.3) is 0 Å². The average Bonchev–Trinajstić information content (AvgIpc) is 3.44. The van der Waals surface area contributed by atoms with Crippen molar-refractivity contribution in [2.24, 2.45) is 0 Å². The number of anilines is 1. The van der Waals surface area contributed by atoms with Crippen molar-refractivity contribution in [2.45, 2.75) is 50.9 Å². The van der Waals surface area contributed by atoms with E-state index in [-0.39, 0.29) is 5.91 Å². The average molecular weight is 450 g/mol. The van der Waals surface area contributed by atoms with Crippen molar-refractivity contribution < 1.29 is 4.79 Å². The summed E-state index contributed by atoms with van der Waals surface area (Å²) >= 11 is 1.44. The van der Waals surface area contributed by atoms with Gasteiger partial charge in [-0.3, -0.25) is 9.69 Å². The predicted octanol–water partition coefficient (Wildman–Crippen LogP) is 4.78. The van der Waals surface area contributed by atoms with Gasteiger partial charge >= 0.3 is 0 Å². The quantitative estimate of drug-likeness (QED) is 0.477. The minimum atomic E-state index is -0.0359. The van der Waals surface area contributed by atoms with Crippen molar-refractivity contribution in [2.75, 3.05) is 24.2 Å². The molecule has 1 aromatic heterocycles. The molecule has 3 aromatic rings. The molecular weight excluding hydrogens is 418 g/mol. The van der Waals surface area contributed by atoms with Crippen LogP contribution in [0, 0.1) is 0 Å². The van der Waals surface area contributed by atoms with Crippen LogP contribution in [0.5, 0.6) is 0 Å². The summed E-state index contributed by atoms with van der Waals surface area (Å²) in [5.41, 5.74) is 3.25. The molecular formula is C25H31N5OS. The lowest BCUT2D eigenvalue weighted by atomic mass is 10.0. The number of hydrogen-bond donors (Lipinski definition) is 1. The highest BCUT2D eigenvalue weighted by atomic mass is 32.2. The number of hydrogen-bond acceptors (Lipinski definition) is 5. The summed E-state index contributed by atoms with van der Waals surface area (Å²) in [6.45, 7) is 8.02. The highest BCUT2D eigenvalue weighted by Crippen LogP contribution is 2.22. The second kappa shape index (κ2) is 10.8. The van der Waals surface area contributed by atoms with Crippen LogP contribution in [0.25, 0.3) is 0 Å². The molecule has 0 atom stereocenters. The molecule has 2 heterocycles. The summed E-state index contributed by atoms with van der Waals surface area (Å²) in [6.07, 6.45) is 2.49. The second-order valence-corrected chi connectivity index (χ2v) is 9.51. The van der Waals surface area contributed by atoms with Gasteiger partial charge in [-0.25, -0.2) is 0 Å². The van der Waals surface area contributed by atoms with E-state index in [1.165, 1.54) is 35.7 Å².